The molecule has 0 saturated heterocycles. The summed E-state index contributed by atoms with van der Waals surface area (Å²) in [5.41, 5.74) is 0. The van der Waals surface area contributed by atoms with Crippen LogP contribution in [0.15, 0.2) is 0 Å². The zero-order valence-electron chi connectivity index (χ0n) is 16.1. The average Bonchev–Trinajstić information content (AvgIpc) is 2.72. The summed E-state index contributed by atoms with van der Waals surface area (Å²) < 4.78 is 20.2. The maximum absolute atomic E-state index is 9.00. The van der Waals surface area contributed by atoms with Crippen molar-refractivity contribution >= 4 is 0 Å². The molecule has 0 aliphatic heterocycles. The predicted molar refractivity (Wildman–Crippen MR) is 99.1 cm³/mol. The Morgan fingerprint density at radius 1 is 0.667 bits per heavy atom. The smallest absolute Gasteiger partial charge is 0.215 e. The van der Waals surface area contributed by atoms with Gasteiger partial charge in [-0.1, -0.05) is 21.3 Å². The third-order valence-electron chi connectivity index (χ3n) is 3.83. The van der Waals surface area contributed by atoms with Crippen LogP contribution in [0.1, 0.15) is 34.1 Å². The minimum absolute atomic E-state index is 0. The molecule has 0 radical (unpaired) electrons. The van der Waals surface area contributed by atoms with Gasteiger partial charge in [0.25, 0.3) is 0 Å². The van der Waals surface area contributed by atoms with E-state index in [0.717, 1.165) is 0 Å². The van der Waals surface area contributed by atoms with Gasteiger partial charge >= 0.3 is 0 Å². The molecular formula is C17H40O10. The first kappa shape index (κ1) is 31.3. The molecule has 0 aliphatic carbocycles. The summed E-state index contributed by atoms with van der Waals surface area (Å²) in [6, 6.07) is 0. The van der Waals surface area contributed by atoms with E-state index in [1.807, 2.05) is 6.92 Å². The van der Waals surface area contributed by atoms with E-state index in [2.05, 4.69) is 0 Å². The van der Waals surface area contributed by atoms with E-state index in [1.165, 1.54) is 14.2 Å². The quantitative estimate of drug-likeness (QED) is 0.195. The summed E-state index contributed by atoms with van der Waals surface area (Å²) in [6.45, 7) is 1.63. The number of methoxy groups -OCH3 is 2. The number of hydrogen-bond acceptors (Lipinski definition) is 10. The number of aliphatic hydroxyl groups excluding tert-OH is 6. The first-order valence-corrected chi connectivity index (χ1v) is 8.46. The Morgan fingerprint density at radius 3 is 1.26 bits per heavy atom. The molecule has 0 aromatic rings. The van der Waals surface area contributed by atoms with E-state index in [-0.39, 0.29) is 33.9 Å². The van der Waals surface area contributed by atoms with Crippen molar-refractivity contribution in [2.75, 3.05) is 53.9 Å². The van der Waals surface area contributed by atoms with E-state index in [4.69, 9.17) is 49.6 Å². The monoisotopic (exact) mass is 404 g/mol. The highest BCUT2D eigenvalue weighted by molar-refractivity contribution is 4.70. The third kappa shape index (κ3) is 11.3. The zero-order valence-corrected chi connectivity index (χ0v) is 16.1. The highest BCUT2D eigenvalue weighted by atomic mass is 16.7. The summed E-state index contributed by atoms with van der Waals surface area (Å²) in [6.07, 6.45) is -0.121. The molecule has 10 nitrogen and oxygen atoms in total. The Balaban J connectivity index is -0.000000411. The second kappa shape index (κ2) is 17.7. The molecule has 0 aromatic heterocycles. The average molecular weight is 404 g/mol. The molecule has 27 heavy (non-hydrogen) atoms. The van der Waals surface area contributed by atoms with Crippen molar-refractivity contribution in [2.24, 2.45) is 0 Å². The van der Waals surface area contributed by atoms with Crippen LogP contribution in [0.25, 0.3) is 0 Å². The second-order valence-electron chi connectivity index (χ2n) is 5.49. The Kier molecular flexibility index (Phi) is 20.5. The minimum atomic E-state index is -1.40. The molecule has 0 aliphatic rings. The molecule has 1 unspecified atom stereocenters. The summed E-state index contributed by atoms with van der Waals surface area (Å²) in [4.78, 5) is 0. The predicted octanol–water partition coefficient (Wildman–Crippen LogP) is -1.16. The summed E-state index contributed by atoms with van der Waals surface area (Å²) in [7, 11) is 2.74. The van der Waals surface area contributed by atoms with Gasteiger partial charge < -0.3 is 49.6 Å². The molecule has 6 N–H and O–H groups in total. The van der Waals surface area contributed by atoms with Crippen LogP contribution >= 0.6 is 0 Å². The maximum atomic E-state index is 9.00. The molecule has 168 valence electrons. The van der Waals surface area contributed by atoms with Crippen molar-refractivity contribution in [3.8, 4) is 0 Å². The van der Waals surface area contributed by atoms with Gasteiger partial charge in [-0.3, -0.25) is 0 Å². The Labute approximate surface area is 162 Å². The van der Waals surface area contributed by atoms with Crippen LogP contribution in [0.5, 0.6) is 0 Å². The summed E-state index contributed by atoms with van der Waals surface area (Å²) in [5, 5.41) is 53.2. The van der Waals surface area contributed by atoms with Crippen molar-refractivity contribution in [3.63, 3.8) is 0 Å². The summed E-state index contributed by atoms with van der Waals surface area (Å²) >= 11 is 0. The lowest BCUT2D eigenvalue weighted by Gasteiger charge is -2.32. The van der Waals surface area contributed by atoms with Gasteiger partial charge in [-0.05, 0) is 6.42 Å². The fourth-order valence-corrected chi connectivity index (χ4v) is 1.78. The van der Waals surface area contributed by atoms with Crippen molar-refractivity contribution in [1.82, 2.24) is 0 Å². The van der Waals surface area contributed by atoms with Crippen LogP contribution < -0.4 is 0 Å². The van der Waals surface area contributed by atoms with Crippen LogP contribution in [0.3, 0.4) is 0 Å². The molecule has 0 saturated carbocycles. The first-order chi connectivity index (χ1) is 12.3. The normalized spacial score (nSPS) is 14.8. The van der Waals surface area contributed by atoms with Crippen LogP contribution in [-0.2, 0) is 18.9 Å². The second-order valence-corrected chi connectivity index (χ2v) is 5.49. The van der Waals surface area contributed by atoms with Crippen LogP contribution in [-0.4, -0.2) is 108 Å². The molecule has 0 bridgehead atoms. The van der Waals surface area contributed by atoms with Crippen molar-refractivity contribution in [1.29, 1.82) is 0 Å². The van der Waals surface area contributed by atoms with E-state index >= 15 is 0 Å². The van der Waals surface area contributed by atoms with Gasteiger partial charge in [-0.15, -0.1) is 0 Å². The lowest BCUT2D eigenvalue weighted by molar-refractivity contribution is -0.282. The first-order valence-electron chi connectivity index (χ1n) is 8.46. The molecule has 0 fully saturated rings. The van der Waals surface area contributed by atoms with Crippen LogP contribution in [0.4, 0.5) is 0 Å². The van der Waals surface area contributed by atoms with Gasteiger partial charge in [0.15, 0.2) is 5.79 Å². The molecule has 0 aromatic carbocycles. The number of hydrogen-bond donors (Lipinski definition) is 6. The maximum Gasteiger partial charge on any atom is 0.215 e. The number of aliphatic hydroxyl groups is 6. The highest BCUT2D eigenvalue weighted by Gasteiger charge is 2.32. The molecule has 0 spiro atoms. The molecule has 0 heterocycles. The van der Waals surface area contributed by atoms with Gasteiger partial charge in [-0.25, -0.2) is 0 Å². The lowest BCUT2D eigenvalue weighted by Crippen LogP contribution is -2.46. The molecule has 10 heteroatoms. The van der Waals surface area contributed by atoms with Gasteiger partial charge in [0.05, 0.1) is 45.7 Å². The van der Waals surface area contributed by atoms with Crippen molar-refractivity contribution < 1.29 is 49.6 Å². The fourth-order valence-electron chi connectivity index (χ4n) is 1.78. The van der Waals surface area contributed by atoms with E-state index in [9.17, 15) is 0 Å². The topological polar surface area (TPSA) is 158 Å². The van der Waals surface area contributed by atoms with Gasteiger partial charge in [0.1, 0.15) is 6.10 Å². The van der Waals surface area contributed by atoms with Gasteiger partial charge in [0.2, 0.25) is 5.79 Å². The molecular weight excluding hydrogens is 364 g/mol. The fraction of sp³-hybridized carbons (Fsp3) is 1.00. The molecule has 0 amide bonds. The van der Waals surface area contributed by atoms with E-state index in [0.29, 0.717) is 12.8 Å². The number of ether oxygens (including phenoxy) is 4. The standard InChI is InChI=1S/2C8H18O5.CH4/c1-3-8(6-11,12-2)13-7(4-9)5-10;1-3-7(4-9)13-8(5-10,6-11)12-2;/h2*7,9-11H,3-6H2,1-2H3;1H4/t8-;;/m1../s1. The Hall–Kier alpha value is -0.400. The van der Waals surface area contributed by atoms with Crippen molar-refractivity contribution in [2.45, 2.75) is 57.9 Å². The highest BCUT2D eigenvalue weighted by Crippen LogP contribution is 2.18. The van der Waals surface area contributed by atoms with E-state index < -0.39 is 37.0 Å². The number of rotatable bonds is 14. The Bertz CT molecular complexity index is 254. The molecule has 0 rings (SSSR count). The van der Waals surface area contributed by atoms with Gasteiger partial charge in [0, 0.05) is 20.6 Å². The largest absolute Gasteiger partial charge is 0.394 e. The lowest BCUT2D eigenvalue weighted by atomic mass is 10.2. The minimum Gasteiger partial charge on any atom is -0.394 e. The SMILES string of the molecule is C.CCC(CO)OC(CO)(CO)OC.CC[C@@](CO)(OC)OC(CO)CO. The van der Waals surface area contributed by atoms with Crippen LogP contribution in [0, 0.1) is 0 Å². The third-order valence-corrected chi connectivity index (χ3v) is 3.83. The molecule has 2 atom stereocenters. The summed E-state index contributed by atoms with van der Waals surface area (Å²) in [5.74, 6) is -2.51. The Morgan fingerprint density at radius 2 is 1.04 bits per heavy atom. The van der Waals surface area contributed by atoms with Crippen molar-refractivity contribution in [3.05, 3.63) is 0 Å². The zero-order chi connectivity index (χ0) is 20.6. The van der Waals surface area contributed by atoms with Crippen LogP contribution in [0.2, 0.25) is 0 Å². The van der Waals surface area contributed by atoms with E-state index in [1.54, 1.807) is 6.92 Å². The van der Waals surface area contributed by atoms with Gasteiger partial charge in [-0.2, -0.15) is 0 Å².